The smallest absolute Gasteiger partial charge is 0.338 e. The average molecular weight is 400 g/mol. The number of rotatable bonds is 5. The van der Waals surface area contributed by atoms with Gasteiger partial charge in [0.15, 0.2) is 5.69 Å². The highest BCUT2D eigenvalue weighted by Gasteiger charge is 2.18. The predicted molar refractivity (Wildman–Crippen MR) is 107 cm³/mol. The van der Waals surface area contributed by atoms with Gasteiger partial charge in [0.2, 0.25) is 5.43 Å². The van der Waals surface area contributed by atoms with Crippen molar-refractivity contribution in [3.8, 4) is 0 Å². The Kier molecular flexibility index (Phi) is 5.75. The molecular weight excluding hydrogens is 382 g/mol. The Morgan fingerprint density at radius 1 is 1.14 bits per heavy atom. The first kappa shape index (κ1) is 19.6. The SMILES string of the molecule is CCOC(=O)c1ccc(NC(=O)c2nn(CC)c3ccc(Cl)cc3c2=O)cc1. The van der Waals surface area contributed by atoms with Crippen molar-refractivity contribution in [2.45, 2.75) is 20.4 Å². The van der Waals surface area contributed by atoms with Crippen LogP contribution in [0, 0.1) is 0 Å². The first-order valence-corrected chi connectivity index (χ1v) is 9.11. The molecule has 0 bridgehead atoms. The van der Waals surface area contributed by atoms with Crippen molar-refractivity contribution in [2.75, 3.05) is 11.9 Å². The lowest BCUT2D eigenvalue weighted by atomic mass is 10.1. The number of halogens is 1. The van der Waals surface area contributed by atoms with Gasteiger partial charge in [0.1, 0.15) is 0 Å². The van der Waals surface area contributed by atoms with Crippen molar-refractivity contribution in [1.29, 1.82) is 0 Å². The summed E-state index contributed by atoms with van der Waals surface area (Å²) in [6, 6.07) is 11.1. The van der Waals surface area contributed by atoms with Gasteiger partial charge in [-0.2, -0.15) is 5.10 Å². The Labute approximate surface area is 165 Å². The number of ether oxygens (including phenoxy) is 1. The Morgan fingerprint density at radius 2 is 1.86 bits per heavy atom. The van der Waals surface area contributed by atoms with Gasteiger partial charge in [-0.3, -0.25) is 14.3 Å². The maximum atomic E-state index is 12.7. The van der Waals surface area contributed by atoms with E-state index in [4.69, 9.17) is 16.3 Å². The number of nitrogens with one attached hydrogen (secondary N) is 1. The van der Waals surface area contributed by atoms with Crippen LogP contribution < -0.4 is 10.7 Å². The van der Waals surface area contributed by atoms with E-state index in [2.05, 4.69) is 10.4 Å². The van der Waals surface area contributed by atoms with Crippen molar-refractivity contribution >= 4 is 40.1 Å². The molecule has 0 radical (unpaired) electrons. The molecular formula is C20H18ClN3O4. The van der Waals surface area contributed by atoms with Gasteiger partial charge in [-0.15, -0.1) is 0 Å². The van der Waals surface area contributed by atoms with Crippen LogP contribution in [-0.2, 0) is 11.3 Å². The van der Waals surface area contributed by atoms with Crippen molar-refractivity contribution in [3.05, 3.63) is 69.0 Å². The lowest BCUT2D eigenvalue weighted by Gasteiger charge is -2.11. The summed E-state index contributed by atoms with van der Waals surface area (Å²) in [5.74, 6) is -1.09. The molecule has 0 saturated carbocycles. The number of amides is 1. The number of anilines is 1. The maximum Gasteiger partial charge on any atom is 0.338 e. The lowest BCUT2D eigenvalue weighted by molar-refractivity contribution is 0.0526. The third-order valence-electron chi connectivity index (χ3n) is 4.09. The third-order valence-corrected chi connectivity index (χ3v) is 4.32. The molecule has 8 heteroatoms. The van der Waals surface area contributed by atoms with Gasteiger partial charge >= 0.3 is 5.97 Å². The van der Waals surface area contributed by atoms with Gasteiger partial charge in [-0.05, 0) is 56.3 Å². The van der Waals surface area contributed by atoms with Crippen LogP contribution in [0.3, 0.4) is 0 Å². The Morgan fingerprint density at radius 3 is 2.50 bits per heavy atom. The zero-order chi connectivity index (χ0) is 20.3. The first-order chi connectivity index (χ1) is 13.4. The Hall–Kier alpha value is -3.19. The van der Waals surface area contributed by atoms with E-state index >= 15 is 0 Å². The quantitative estimate of drug-likeness (QED) is 0.663. The summed E-state index contributed by atoms with van der Waals surface area (Å²) in [7, 11) is 0. The van der Waals surface area contributed by atoms with Gasteiger partial charge in [-0.25, -0.2) is 4.79 Å². The number of esters is 1. The Bertz CT molecular complexity index is 1110. The minimum Gasteiger partial charge on any atom is -0.462 e. The second kappa shape index (κ2) is 8.22. The topological polar surface area (TPSA) is 90.3 Å². The number of aryl methyl sites for hydroxylation is 1. The van der Waals surface area contributed by atoms with E-state index in [0.717, 1.165) is 0 Å². The molecule has 1 heterocycles. The fraction of sp³-hybridized carbons (Fsp3) is 0.200. The van der Waals surface area contributed by atoms with E-state index in [1.54, 1.807) is 35.9 Å². The van der Waals surface area contributed by atoms with Crippen LogP contribution in [0.2, 0.25) is 5.02 Å². The molecule has 1 amide bonds. The van der Waals surface area contributed by atoms with Crippen LogP contribution in [0.4, 0.5) is 5.69 Å². The minimum absolute atomic E-state index is 0.230. The van der Waals surface area contributed by atoms with Gasteiger partial charge in [0.05, 0.1) is 23.1 Å². The van der Waals surface area contributed by atoms with Crippen LogP contribution in [0.25, 0.3) is 10.9 Å². The van der Waals surface area contributed by atoms with Gasteiger partial charge in [0, 0.05) is 17.3 Å². The third kappa shape index (κ3) is 3.89. The van der Waals surface area contributed by atoms with Crippen LogP contribution in [0.15, 0.2) is 47.3 Å². The van der Waals surface area contributed by atoms with Crippen molar-refractivity contribution in [1.82, 2.24) is 9.78 Å². The van der Waals surface area contributed by atoms with Gasteiger partial charge in [-0.1, -0.05) is 11.6 Å². The molecule has 0 spiro atoms. The summed E-state index contributed by atoms with van der Waals surface area (Å²) in [5.41, 5.74) is 0.668. The number of fused-ring (bicyclic) bond motifs is 1. The molecule has 0 atom stereocenters. The molecule has 0 unspecified atom stereocenters. The Balaban J connectivity index is 1.92. The predicted octanol–water partition coefficient (Wildman–Crippen LogP) is 3.50. The summed E-state index contributed by atoms with van der Waals surface area (Å²) in [6.07, 6.45) is 0. The molecule has 7 nitrogen and oxygen atoms in total. The molecule has 2 aromatic carbocycles. The zero-order valence-electron chi connectivity index (χ0n) is 15.4. The minimum atomic E-state index is -0.641. The second-order valence-corrected chi connectivity index (χ2v) is 6.34. The standard InChI is InChI=1S/C20H18ClN3O4/c1-3-24-16-10-7-13(21)11-15(16)18(25)17(23-24)19(26)22-14-8-5-12(6-9-14)20(27)28-4-2/h5-11H,3-4H2,1-2H3,(H,22,26). The van der Waals surface area contributed by atoms with E-state index < -0.39 is 17.3 Å². The number of aromatic nitrogens is 2. The highest BCUT2D eigenvalue weighted by atomic mass is 35.5. The monoisotopic (exact) mass is 399 g/mol. The van der Waals surface area contributed by atoms with E-state index in [0.29, 0.717) is 33.7 Å². The van der Waals surface area contributed by atoms with E-state index in [1.807, 2.05) is 6.92 Å². The van der Waals surface area contributed by atoms with E-state index in [9.17, 15) is 14.4 Å². The molecule has 0 aliphatic rings. The molecule has 0 aliphatic carbocycles. The van der Waals surface area contributed by atoms with E-state index in [1.165, 1.54) is 18.2 Å². The number of hydrogen-bond donors (Lipinski definition) is 1. The number of benzene rings is 2. The summed E-state index contributed by atoms with van der Waals surface area (Å²) < 4.78 is 6.49. The average Bonchev–Trinajstić information content (AvgIpc) is 2.69. The summed E-state index contributed by atoms with van der Waals surface area (Å²) in [5, 5.41) is 7.55. The molecule has 1 N–H and O–H groups in total. The zero-order valence-corrected chi connectivity index (χ0v) is 16.1. The highest BCUT2D eigenvalue weighted by Crippen LogP contribution is 2.17. The molecule has 1 aromatic heterocycles. The summed E-state index contributed by atoms with van der Waals surface area (Å²) >= 11 is 6.00. The largest absolute Gasteiger partial charge is 0.462 e. The van der Waals surface area contributed by atoms with Crippen molar-refractivity contribution < 1.29 is 14.3 Å². The number of nitrogens with zero attached hydrogens (tertiary/aromatic N) is 2. The molecule has 0 aliphatic heterocycles. The molecule has 0 saturated heterocycles. The second-order valence-electron chi connectivity index (χ2n) is 5.91. The van der Waals surface area contributed by atoms with Gasteiger partial charge in [0.25, 0.3) is 5.91 Å². The number of hydrogen-bond acceptors (Lipinski definition) is 5. The van der Waals surface area contributed by atoms with Crippen molar-refractivity contribution in [2.24, 2.45) is 0 Å². The normalized spacial score (nSPS) is 10.7. The number of carbonyl (C=O) groups excluding carboxylic acids is 2. The van der Waals surface area contributed by atoms with Crippen LogP contribution in [0.1, 0.15) is 34.7 Å². The van der Waals surface area contributed by atoms with Crippen LogP contribution >= 0.6 is 11.6 Å². The first-order valence-electron chi connectivity index (χ1n) is 8.73. The molecule has 3 aromatic rings. The van der Waals surface area contributed by atoms with Crippen LogP contribution in [0.5, 0.6) is 0 Å². The van der Waals surface area contributed by atoms with E-state index in [-0.39, 0.29) is 12.3 Å². The molecule has 28 heavy (non-hydrogen) atoms. The van der Waals surface area contributed by atoms with Gasteiger partial charge < -0.3 is 10.1 Å². The fourth-order valence-electron chi connectivity index (χ4n) is 2.75. The lowest BCUT2D eigenvalue weighted by Crippen LogP contribution is -2.27. The fourth-order valence-corrected chi connectivity index (χ4v) is 2.92. The molecule has 0 fully saturated rings. The molecule has 3 rings (SSSR count). The number of carbonyl (C=O) groups is 2. The summed E-state index contributed by atoms with van der Waals surface area (Å²) in [4.78, 5) is 37.1. The summed E-state index contributed by atoms with van der Waals surface area (Å²) in [6.45, 7) is 4.34. The van der Waals surface area contributed by atoms with Crippen molar-refractivity contribution in [3.63, 3.8) is 0 Å². The van der Waals surface area contributed by atoms with Crippen LogP contribution in [-0.4, -0.2) is 28.3 Å². The molecule has 144 valence electrons. The maximum absolute atomic E-state index is 12.7. The highest BCUT2D eigenvalue weighted by molar-refractivity contribution is 6.31.